The Kier molecular flexibility index (Phi) is 2.73. The zero-order valence-electron chi connectivity index (χ0n) is 11.8. The first kappa shape index (κ1) is 12.0. The summed E-state index contributed by atoms with van der Waals surface area (Å²) in [7, 11) is 0. The van der Waals surface area contributed by atoms with E-state index in [-0.39, 0.29) is 0 Å². The Bertz CT molecular complexity index is 450. The Labute approximate surface area is 115 Å². The van der Waals surface area contributed by atoms with Gasteiger partial charge in [-0.15, -0.1) is 0 Å². The van der Waals surface area contributed by atoms with Gasteiger partial charge in [0.1, 0.15) is 5.82 Å². The van der Waals surface area contributed by atoms with Gasteiger partial charge >= 0.3 is 0 Å². The predicted molar refractivity (Wildman–Crippen MR) is 75.5 cm³/mol. The van der Waals surface area contributed by atoms with Crippen LogP contribution in [0.5, 0.6) is 0 Å². The standard InChI is InChI=1S/C16H25N3/c1-2-6-19-7-5-18-13(19)9-12(17)16-14-10-3-4-11(8-10)15(14)16/h5,7,10-12,14-16H,2-4,6,8-9,17H2,1H3. The first-order chi connectivity index (χ1) is 9.29. The highest BCUT2D eigenvalue weighted by atomic mass is 15.1. The number of hydrogen-bond donors (Lipinski definition) is 1. The van der Waals surface area contributed by atoms with Crippen molar-refractivity contribution in [2.75, 3.05) is 0 Å². The molecule has 5 unspecified atom stereocenters. The number of nitrogens with two attached hydrogens (primary N) is 1. The Hall–Kier alpha value is -0.830. The minimum absolute atomic E-state index is 0.344. The topological polar surface area (TPSA) is 43.8 Å². The summed E-state index contributed by atoms with van der Waals surface area (Å²) in [6, 6.07) is 0.344. The molecule has 3 aliphatic carbocycles. The van der Waals surface area contributed by atoms with Gasteiger partial charge in [0.2, 0.25) is 0 Å². The van der Waals surface area contributed by atoms with Gasteiger partial charge in [0.25, 0.3) is 0 Å². The van der Waals surface area contributed by atoms with Crippen LogP contribution in [0.3, 0.4) is 0 Å². The third kappa shape index (κ3) is 1.78. The molecule has 104 valence electrons. The van der Waals surface area contributed by atoms with Gasteiger partial charge in [-0.2, -0.15) is 0 Å². The summed E-state index contributed by atoms with van der Waals surface area (Å²) in [6.45, 7) is 3.29. The molecule has 3 fully saturated rings. The van der Waals surface area contributed by atoms with E-state index < -0.39 is 0 Å². The molecule has 1 aromatic rings. The summed E-state index contributed by atoms with van der Waals surface area (Å²) in [6.07, 6.45) is 10.7. The number of hydrogen-bond acceptors (Lipinski definition) is 2. The number of imidazole rings is 1. The second kappa shape index (κ2) is 4.34. The molecule has 0 saturated heterocycles. The summed E-state index contributed by atoms with van der Waals surface area (Å²) in [5.41, 5.74) is 6.52. The Morgan fingerprint density at radius 2 is 2.11 bits per heavy atom. The number of rotatable bonds is 5. The SMILES string of the molecule is CCCn1ccnc1CC(N)C1C2C3CCC(C3)C12. The maximum Gasteiger partial charge on any atom is 0.110 e. The van der Waals surface area contributed by atoms with Crippen molar-refractivity contribution in [2.24, 2.45) is 35.3 Å². The Morgan fingerprint density at radius 1 is 1.37 bits per heavy atom. The van der Waals surface area contributed by atoms with Crippen LogP contribution in [0.15, 0.2) is 12.4 Å². The Balaban J connectivity index is 1.42. The van der Waals surface area contributed by atoms with Crippen molar-refractivity contribution in [1.82, 2.24) is 9.55 Å². The first-order valence-corrected chi connectivity index (χ1v) is 8.05. The Morgan fingerprint density at radius 3 is 2.79 bits per heavy atom. The van der Waals surface area contributed by atoms with Crippen LogP contribution in [0.2, 0.25) is 0 Å². The lowest BCUT2D eigenvalue weighted by Crippen LogP contribution is -2.30. The normalized spacial score (nSPS) is 40.4. The van der Waals surface area contributed by atoms with E-state index in [0.29, 0.717) is 6.04 Å². The maximum atomic E-state index is 6.52. The van der Waals surface area contributed by atoms with E-state index >= 15 is 0 Å². The highest BCUT2D eigenvalue weighted by Crippen LogP contribution is 2.70. The van der Waals surface area contributed by atoms with E-state index in [1.54, 1.807) is 0 Å². The van der Waals surface area contributed by atoms with E-state index in [9.17, 15) is 0 Å². The molecule has 3 aliphatic rings. The molecule has 0 amide bonds. The van der Waals surface area contributed by atoms with E-state index in [2.05, 4.69) is 22.7 Å². The zero-order valence-corrected chi connectivity index (χ0v) is 11.8. The largest absolute Gasteiger partial charge is 0.335 e. The number of fused-ring (bicyclic) bond motifs is 5. The quantitative estimate of drug-likeness (QED) is 0.882. The molecule has 3 nitrogen and oxygen atoms in total. The molecule has 1 heterocycles. The monoisotopic (exact) mass is 259 g/mol. The van der Waals surface area contributed by atoms with Gasteiger partial charge in [-0.25, -0.2) is 4.98 Å². The lowest BCUT2D eigenvalue weighted by Gasteiger charge is -2.16. The van der Waals surface area contributed by atoms with E-state index in [1.807, 2.05) is 6.20 Å². The summed E-state index contributed by atoms with van der Waals surface area (Å²) >= 11 is 0. The molecular formula is C16H25N3. The maximum absolute atomic E-state index is 6.52. The van der Waals surface area contributed by atoms with Crippen LogP contribution >= 0.6 is 0 Å². The van der Waals surface area contributed by atoms with Gasteiger partial charge in [-0.05, 0) is 55.3 Å². The minimum atomic E-state index is 0.344. The van der Waals surface area contributed by atoms with Crippen LogP contribution in [-0.4, -0.2) is 15.6 Å². The smallest absolute Gasteiger partial charge is 0.110 e. The van der Waals surface area contributed by atoms with Crippen LogP contribution in [0.4, 0.5) is 0 Å². The lowest BCUT2D eigenvalue weighted by molar-refractivity contribution is 0.403. The molecule has 0 aromatic carbocycles. The third-order valence-electron chi connectivity index (χ3n) is 5.97. The molecule has 5 atom stereocenters. The van der Waals surface area contributed by atoms with Gasteiger partial charge in [0, 0.05) is 31.4 Å². The van der Waals surface area contributed by atoms with Gasteiger partial charge in [0.05, 0.1) is 0 Å². The van der Waals surface area contributed by atoms with Gasteiger partial charge in [-0.3, -0.25) is 0 Å². The summed E-state index contributed by atoms with van der Waals surface area (Å²) in [5, 5.41) is 0. The highest BCUT2D eigenvalue weighted by molar-refractivity contribution is 5.16. The van der Waals surface area contributed by atoms with Gasteiger partial charge < -0.3 is 10.3 Å². The molecule has 19 heavy (non-hydrogen) atoms. The van der Waals surface area contributed by atoms with Crippen molar-refractivity contribution in [3.05, 3.63) is 18.2 Å². The summed E-state index contributed by atoms with van der Waals surface area (Å²) in [4.78, 5) is 4.52. The molecule has 1 aromatic heterocycles. The predicted octanol–water partition coefficient (Wildman–Crippen LogP) is 2.46. The lowest BCUT2D eigenvalue weighted by atomic mass is 9.96. The molecule has 4 rings (SSSR count). The molecule has 3 saturated carbocycles. The van der Waals surface area contributed by atoms with Crippen molar-refractivity contribution >= 4 is 0 Å². The molecule has 3 heteroatoms. The van der Waals surface area contributed by atoms with Crippen LogP contribution in [0.25, 0.3) is 0 Å². The van der Waals surface area contributed by atoms with E-state index in [1.165, 1.54) is 25.1 Å². The van der Waals surface area contributed by atoms with Crippen LogP contribution in [-0.2, 0) is 13.0 Å². The summed E-state index contributed by atoms with van der Waals surface area (Å²) < 4.78 is 2.28. The van der Waals surface area contributed by atoms with Gasteiger partial charge in [0.15, 0.2) is 0 Å². The van der Waals surface area contributed by atoms with Crippen molar-refractivity contribution in [3.63, 3.8) is 0 Å². The fourth-order valence-corrected chi connectivity index (χ4v) is 5.29. The second-order valence-corrected chi connectivity index (χ2v) is 6.97. The average molecular weight is 259 g/mol. The molecule has 2 N–H and O–H groups in total. The number of nitrogens with zero attached hydrogens (tertiary/aromatic N) is 2. The zero-order chi connectivity index (χ0) is 13.0. The fraction of sp³-hybridized carbons (Fsp3) is 0.812. The van der Waals surface area contributed by atoms with Crippen LogP contribution < -0.4 is 5.73 Å². The molecule has 0 spiro atoms. The summed E-state index contributed by atoms with van der Waals surface area (Å²) in [5.74, 6) is 6.05. The highest BCUT2D eigenvalue weighted by Gasteiger charge is 2.66. The number of aryl methyl sites for hydroxylation is 1. The van der Waals surface area contributed by atoms with Crippen molar-refractivity contribution in [3.8, 4) is 0 Å². The van der Waals surface area contributed by atoms with Gasteiger partial charge in [-0.1, -0.05) is 6.92 Å². The van der Waals surface area contributed by atoms with E-state index in [4.69, 9.17) is 5.73 Å². The minimum Gasteiger partial charge on any atom is -0.335 e. The average Bonchev–Trinajstić information content (AvgIpc) is 2.75. The van der Waals surface area contributed by atoms with Crippen LogP contribution in [0.1, 0.15) is 38.4 Å². The van der Waals surface area contributed by atoms with Crippen molar-refractivity contribution < 1.29 is 0 Å². The second-order valence-electron chi connectivity index (χ2n) is 6.97. The third-order valence-corrected chi connectivity index (χ3v) is 5.97. The molecule has 0 radical (unpaired) electrons. The molecular weight excluding hydrogens is 234 g/mol. The fourth-order valence-electron chi connectivity index (χ4n) is 5.29. The van der Waals surface area contributed by atoms with E-state index in [0.717, 1.165) is 49.0 Å². The molecule has 0 aliphatic heterocycles. The first-order valence-electron chi connectivity index (χ1n) is 8.05. The van der Waals surface area contributed by atoms with Crippen LogP contribution in [0, 0.1) is 29.6 Å². The molecule has 2 bridgehead atoms. The number of aromatic nitrogens is 2. The van der Waals surface area contributed by atoms with Crippen molar-refractivity contribution in [1.29, 1.82) is 0 Å². The van der Waals surface area contributed by atoms with Crippen molar-refractivity contribution in [2.45, 2.75) is 51.6 Å².